The minimum Gasteiger partial charge on any atom is -0.386 e. The highest BCUT2D eigenvalue weighted by molar-refractivity contribution is 5.12. The molecule has 3 aliphatic heterocycles. The Hall–Kier alpha value is -0.160. The summed E-state index contributed by atoms with van der Waals surface area (Å²) in [7, 11) is 0. The highest BCUT2D eigenvalue weighted by Gasteiger charge is 2.58. The monoisotopic (exact) mass is 143 g/mol. The van der Waals surface area contributed by atoms with Gasteiger partial charge in [0.05, 0.1) is 18.7 Å². The number of aliphatic hydroxyl groups is 1. The van der Waals surface area contributed by atoms with E-state index in [4.69, 9.17) is 9.47 Å². The summed E-state index contributed by atoms with van der Waals surface area (Å²) in [4.78, 5) is 0. The van der Waals surface area contributed by atoms with E-state index in [-0.39, 0.29) is 18.4 Å². The predicted octanol–water partition coefficient (Wildman–Crippen LogP) is -1.56. The first-order chi connectivity index (χ1) is 4.86. The minimum atomic E-state index is -0.455. The van der Waals surface area contributed by atoms with Crippen LogP contribution in [0.25, 0.3) is 0 Å². The van der Waals surface area contributed by atoms with E-state index >= 15 is 0 Å². The fourth-order valence-electron chi connectivity index (χ4n) is 1.79. The molecule has 0 spiro atoms. The van der Waals surface area contributed by atoms with E-state index in [1.54, 1.807) is 0 Å². The lowest BCUT2D eigenvalue weighted by atomic mass is 10.1. The molecule has 3 fully saturated rings. The molecule has 56 valence electrons. The molecule has 0 radical (unpaired) electrons. The van der Waals surface area contributed by atoms with Crippen LogP contribution in [-0.2, 0) is 9.47 Å². The molecule has 0 amide bonds. The SMILES string of the molecule is O[C@@H]1[C@@H]2OC[C@@H](O2)[C@H]2N[C@@H]12. The third-order valence-corrected chi connectivity index (χ3v) is 2.44. The van der Waals surface area contributed by atoms with Gasteiger partial charge in [0, 0.05) is 0 Å². The van der Waals surface area contributed by atoms with Crippen LogP contribution in [0.15, 0.2) is 0 Å². The zero-order chi connectivity index (χ0) is 6.72. The van der Waals surface area contributed by atoms with Gasteiger partial charge in [-0.05, 0) is 0 Å². The first kappa shape index (κ1) is 5.49. The van der Waals surface area contributed by atoms with Crippen molar-refractivity contribution in [2.75, 3.05) is 6.61 Å². The summed E-state index contributed by atoms with van der Waals surface area (Å²) in [6.45, 7) is 0.635. The van der Waals surface area contributed by atoms with Gasteiger partial charge >= 0.3 is 0 Å². The fraction of sp³-hybridized carbons (Fsp3) is 1.00. The van der Waals surface area contributed by atoms with Gasteiger partial charge < -0.3 is 19.9 Å². The maximum atomic E-state index is 9.39. The van der Waals surface area contributed by atoms with Gasteiger partial charge in [-0.25, -0.2) is 0 Å². The lowest BCUT2D eigenvalue weighted by molar-refractivity contribution is -0.142. The first-order valence-corrected chi connectivity index (χ1v) is 3.57. The highest BCUT2D eigenvalue weighted by Crippen LogP contribution is 2.35. The van der Waals surface area contributed by atoms with E-state index in [0.29, 0.717) is 12.6 Å². The average Bonchev–Trinajstić information content (AvgIpc) is 2.61. The Labute approximate surface area is 58.1 Å². The molecular weight excluding hydrogens is 134 g/mol. The molecule has 0 aromatic rings. The average molecular weight is 143 g/mol. The number of aliphatic hydroxyl groups excluding tert-OH is 1. The summed E-state index contributed by atoms with van der Waals surface area (Å²) >= 11 is 0. The van der Waals surface area contributed by atoms with Crippen LogP contribution in [0.2, 0.25) is 0 Å². The van der Waals surface area contributed by atoms with Crippen molar-refractivity contribution in [2.45, 2.75) is 30.6 Å². The smallest absolute Gasteiger partial charge is 0.185 e. The van der Waals surface area contributed by atoms with Gasteiger partial charge in [-0.3, -0.25) is 0 Å². The van der Waals surface area contributed by atoms with Crippen molar-refractivity contribution in [2.24, 2.45) is 0 Å². The summed E-state index contributed by atoms with van der Waals surface area (Å²) in [5.74, 6) is 0. The zero-order valence-corrected chi connectivity index (χ0v) is 5.36. The summed E-state index contributed by atoms with van der Waals surface area (Å²) in [5.41, 5.74) is 0. The molecule has 3 heterocycles. The van der Waals surface area contributed by atoms with E-state index in [1.807, 2.05) is 0 Å². The quantitative estimate of drug-likeness (QED) is 0.403. The van der Waals surface area contributed by atoms with Crippen LogP contribution in [0.3, 0.4) is 0 Å². The molecular formula is C6H9NO3. The summed E-state index contributed by atoms with van der Waals surface area (Å²) < 4.78 is 10.5. The van der Waals surface area contributed by atoms with Crippen molar-refractivity contribution >= 4 is 0 Å². The number of hydrogen-bond donors (Lipinski definition) is 2. The van der Waals surface area contributed by atoms with Crippen LogP contribution in [-0.4, -0.2) is 42.3 Å². The van der Waals surface area contributed by atoms with Crippen LogP contribution >= 0.6 is 0 Å². The number of rotatable bonds is 0. The van der Waals surface area contributed by atoms with E-state index in [9.17, 15) is 5.11 Å². The maximum Gasteiger partial charge on any atom is 0.185 e. The van der Waals surface area contributed by atoms with Crippen molar-refractivity contribution < 1.29 is 14.6 Å². The molecule has 0 aromatic heterocycles. The number of fused-ring (bicyclic) bond motifs is 4. The second kappa shape index (κ2) is 1.53. The lowest BCUT2D eigenvalue weighted by Gasteiger charge is -2.20. The molecule has 4 heteroatoms. The van der Waals surface area contributed by atoms with Gasteiger partial charge in [-0.2, -0.15) is 0 Å². The second-order valence-electron chi connectivity index (χ2n) is 3.09. The molecule has 0 aliphatic carbocycles. The normalized spacial score (nSPS) is 63.9. The van der Waals surface area contributed by atoms with Gasteiger partial charge in [0.15, 0.2) is 6.29 Å². The number of ether oxygens (including phenoxy) is 2. The molecule has 3 aliphatic rings. The van der Waals surface area contributed by atoms with Crippen molar-refractivity contribution in [3.05, 3.63) is 0 Å². The van der Waals surface area contributed by atoms with Crippen molar-refractivity contribution in [1.82, 2.24) is 5.32 Å². The third-order valence-electron chi connectivity index (χ3n) is 2.44. The molecule has 0 unspecified atom stereocenters. The Morgan fingerprint density at radius 2 is 2.30 bits per heavy atom. The number of hydrogen-bond acceptors (Lipinski definition) is 4. The molecule has 2 bridgehead atoms. The van der Waals surface area contributed by atoms with E-state index < -0.39 is 6.10 Å². The fourth-order valence-corrected chi connectivity index (χ4v) is 1.79. The molecule has 5 atom stereocenters. The first-order valence-electron chi connectivity index (χ1n) is 3.57. The van der Waals surface area contributed by atoms with Gasteiger partial charge in [-0.1, -0.05) is 0 Å². The van der Waals surface area contributed by atoms with Gasteiger partial charge in [-0.15, -0.1) is 0 Å². The van der Waals surface area contributed by atoms with E-state index in [2.05, 4.69) is 5.32 Å². The van der Waals surface area contributed by atoms with Crippen molar-refractivity contribution in [3.63, 3.8) is 0 Å². The van der Waals surface area contributed by atoms with Crippen molar-refractivity contribution in [3.8, 4) is 0 Å². The number of nitrogens with one attached hydrogen (secondary N) is 1. The molecule has 0 saturated carbocycles. The Bertz CT molecular complexity index is 172. The van der Waals surface area contributed by atoms with E-state index in [1.165, 1.54) is 0 Å². The van der Waals surface area contributed by atoms with Crippen LogP contribution in [0.4, 0.5) is 0 Å². The predicted molar refractivity (Wildman–Crippen MR) is 31.3 cm³/mol. The standard InChI is InChI=1S/C6H9NO3/c8-5-4-3(7-4)2-1-9-6(5)10-2/h2-8H,1H2/t2-,3-,4-,5+,6-/m1/s1. The van der Waals surface area contributed by atoms with Crippen molar-refractivity contribution in [1.29, 1.82) is 0 Å². The largest absolute Gasteiger partial charge is 0.386 e. The lowest BCUT2D eigenvalue weighted by Crippen LogP contribution is -2.39. The minimum absolute atomic E-state index is 0.193. The Balaban J connectivity index is 1.91. The molecule has 2 N–H and O–H groups in total. The molecule has 3 rings (SSSR count). The Morgan fingerprint density at radius 1 is 1.40 bits per heavy atom. The van der Waals surface area contributed by atoms with Crippen LogP contribution in [0, 0.1) is 0 Å². The Kier molecular flexibility index (Phi) is 0.840. The second-order valence-corrected chi connectivity index (χ2v) is 3.09. The van der Waals surface area contributed by atoms with Crippen LogP contribution in [0.1, 0.15) is 0 Å². The van der Waals surface area contributed by atoms with E-state index in [0.717, 1.165) is 0 Å². The molecule has 4 nitrogen and oxygen atoms in total. The highest BCUT2D eigenvalue weighted by atomic mass is 16.7. The van der Waals surface area contributed by atoms with Crippen LogP contribution in [0.5, 0.6) is 0 Å². The topological polar surface area (TPSA) is 60.6 Å². The molecule has 10 heavy (non-hydrogen) atoms. The maximum absolute atomic E-state index is 9.39. The summed E-state index contributed by atoms with van der Waals surface area (Å²) in [6, 6.07) is 0.597. The molecule has 3 saturated heterocycles. The third kappa shape index (κ3) is 0.509. The summed E-state index contributed by atoms with van der Waals surface area (Å²) in [5, 5.41) is 12.6. The van der Waals surface area contributed by atoms with Gasteiger partial charge in [0.25, 0.3) is 0 Å². The summed E-state index contributed by atoms with van der Waals surface area (Å²) in [6.07, 6.45) is -0.622. The van der Waals surface area contributed by atoms with Gasteiger partial charge in [0.1, 0.15) is 12.2 Å². The molecule has 0 aromatic carbocycles. The Morgan fingerprint density at radius 3 is 3.20 bits per heavy atom. The van der Waals surface area contributed by atoms with Gasteiger partial charge in [0.2, 0.25) is 0 Å². The zero-order valence-electron chi connectivity index (χ0n) is 5.36. The van der Waals surface area contributed by atoms with Crippen LogP contribution < -0.4 is 5.32 Å².